The number of carbonyl (C=O) groups excluding carboxylic acids is 1. The lowest BCUT2D eigenvalue weighted by Crippen LogP contribution is -2.37. The van der Waals surface area contributed by atoms with Crippen LogP contribution in [0, 0.1) is 0 Å². The molecule has 78 heavy (non-hydrogen) atoms. The summed E-state index contributed by atoms with van der Waals surface area (Å²) >= 11 is 0. The van der Waals surface area contributed by atoms with Gasteiger partial charge in [-0.3, -0.25) is 27.6 Å². The van der Waals surface area contributed by atoms with Crippen LogP contribution in [-0.4, -0.2) is 109 Å². The number of rotatable bonds is 21. The van der Waals surface area contributed by atoms with Crippen molar-refractivity contribution in [3.05, 3.63) is 158 Å². The molecule has 2 heterocycles. The van der Waals surface area contributed by atoms with Crippen molar-refractivity contribution in [2.24, 2.45) is 0 Å². The van der Waals surface area contributed by atoms with Gasteiger partial charge < -0.3 is 28.8 Å². The van der Waals surface area contributed by atoms with Crippen LogP contribution in [0.3, 0.4) is 0 Å². The minimum absolute atomic E-state index is 0.0192. The summed E-state index contributed by atoms with van der Waals surface area (Å²) in [4.78, 5) is 32.4. The van der Waals surface area contributed by atoms with Crippen LogP contribution in [0.25, 0.3) is 21.5 Å². The van der Waals surface area contributed by atoms with Crippen molar-refractivity contribution in [3.63, 3.8) is 0 Å². The lowest BCUT2D eigenvalue weighted by Gasteiger charge is -2.25. The molecular weight excluding hydrogens is 1090 g/mol. The zero-order valence-electron chi connectivity index (χ0n) is 42.1. The maximum Gasteiger partial charge on any atom is 0.326 e. The summed E-state index contributed by atoms with van der Waals surface area (Å²) in [6.07, 6.45) is 2.33. The topological polar surface area (TPSA) is 293 Å². The molecule has 0 aliphatic heterocycles. The second-order valence-corrected chi connectivity index (χ2v) is 23.3. The Morgan fingerprint density at radius 2 is 0.769 bits per heavy atom. The zero-order valence-corrected chi connectivity index (χ0v) is 45.4. The van der Waals surface area contributed by atoms with Gasteiger partial charge in [0.05, 0.1) is 78.4 Å². The third-order valence-electron chi connectivity index (χ3n) is 11.4. The fourth-order valence-corrected chi connectivity index (χ4v) is 12.5. The predicted octanol–water partition coefficient (Wildman–Crippen LogP) is 7.14. The number of pyridine rings is 2. The minimum atomic E-state index is -4.36. The van der Waals surface area contributed by atoms with Crippen molar-refractivity contribution in [1.29, 1.82) is 0 Å². The number of aromatic nitrogens is 2. The van der Waals surface area contributed by atoms with E-state index in [9.17, 15) is 48.4 Å². The van der Waals surface area contributed by atoms with Crippen LogP contribution < -0.4 is 37.0 Å². The van der Waals surface area contributed by atoms with Gasteiger partial charge in [0.25, 0.3) is 40.1 Å². The molecule has 0 aliphatic carbocycles. The summed E-state index contributed by atoms with van der Waals surface area (Å²) in [5, 5.41) is 10.7. The van der Waals surface area contributed by atoms with Crippen molar-refractivity contribution < 1.29 is 72.1 Å². The van der Waals surface area contributed by atoms with Crippen molar-refractivity contribution in [1.82, 2.24) is 9.97 Å². The third kappa shape index (κ3) is 12.7. The number of benzene rings is 6. The molecule has 6 aromatic carbocycles. The number of esters is 1. The van der Waals surface area contributed by atoms with Gasteiger partial charge in [-0.1, -0.05) is 48.5 Å². The number of ether oxygens (including phenoxy) is 5. The largest absolute Gasteiger partial charge is 0.497 e. The van der Waals surface area contributed by atoms with Crippen molar-refractivity contribution >= 4 is 96.6 Å². The molecule has 8 aromatic rings. The number of hydrogen-bond donors (Lipinski definition) is 3. The van der Waals surface area contributed by atoms with Crippen LogP contribution >= 0.6 is 0 Å². The van der Waals surface area contributed by atoms with Gasteiger partial charge >= 0.3 is 11.9 Å². The van der Waals surface area contributed by atoms with Gasteiger partial charge in [-0.15, -0.1) is 0 Å². The van der Waals surface area contributed by atoms with Crippen LogP contribution in [-0.2, 0) is 54.4 Å². The van der Waals surface area contributed by atoms with Gasteiger partial charge in [0.15, 0.2) is 0 Å². The van der Waals surface area contributed by atoms with Gasteiger partial charge in [-0.05, 0) is 104 Å². The normalized spacial score (nSPS) is 11.6. The second kappa shape index (κ2) is 24.1. The van der Waals surface area contributed by atoms with Crippen LogP contribution in [0.5, 0.6) is 23.0 Å². The SMILES string of the molecule is CCOC(=O)CN(c1cnc(NS(=O)(=O)c2ccc(OC)cc2)c2ccccc12)S(=O)(=O)c1ccc(OC)cc1.COc1ccc(S(=O)(=O)Nc2ncc(N(CC(=O)O)S(=O)(=O)c3ccc(OC)cc3)c3ccccc23)cc1. The average molecular weight is 1140 g/mol. The van der Waals surface area contributed by atoms with E-state index in [0.29, 0.717) is 38.1 Å². The molecule has 0 radical (unpaired) electrons. The molecule has 0 aliphatic rings. The van der Waals surface area contributed by atoms with Gasteiger partial charge in [0, 0.05) is 21.5 Å². The number of carboxylic acid groups (broad SMARTS) is 1. The highest BCUT2D eigenvalue weighted by Gasteiger charge is 2.32. The molecule has 22 nitrogen and oxygen atoms in total. The quantitative estimate of drug-likeness (QED) is 0.0602. The average Bonchev–Trinajstić information content (AvgIpc) is 3.44. The molecule has 408 valence electrons. The van der Waals surface area contributed by atoms with E-state index >= 15 is 0 Å². The van der Waals surface area contributed by atoms with Crippen molar-refractivity contribution in [3.8, 4) is 23.0 Å². The fourth-order valence-electron chi connectivity index (χ4n) is 7.59. The highest BCUT2D eigenvalue weighted by Crippen LogP contribution is 2.37. The standard InChI is InChI=1S/C27H27N3O8S2.C25H23N3O8S2/c1-4-38-26(31)18-30(40(34,35)22-15-11-20(37-3)12-16-22)25-17-28-27(24-8-6-5-7-23(24)25)29-39(32,33)21-13-9-19(36-2)10-14-21;1-35-17-7-11-19(12-8-17)37(31,32)27-25-22-6-4-3-5-21(22)23(15-26-25)28(16-24(29)30)38(33,34)20-13-9-18(36-2)10-14-20/h5-17H,4,18H2,1-3H3,(H,28,29);3-15H,16H2,1-2H3,(H,26,27)(H,29,30). The number of sulfonamides is 4. The number of fused-ring (bicyclic) bond motifs is 2. The van der Waals surface area contributed by atoms with E-state index in [2.05, 4.69) is 19.4 Å². The molecule has 0 unspecified atom stereocenters. The number of methoxy groups -OCH3 is 4. The zero-order chi connectivity index (χ0) is 56.4. The molecule has 0 saturated carbocycles. The highest BCUT2D eigenvalue weighted by atomic mass is 32.2. The Bertz CT molecular complexity index is 3930. The Morgan fingerprint density at radius 1 is 0.462 bits per heavy atom. The number of carbonyl (C=O) groups is 2. The first-order valence-corrected chi connectivity index (χ1v) is 28.8. The Hall–Kier alpha value is -8.72. The summed E-state index contributed by atoms with van der Waals surface area (Å²) in [6, 6.07) is 35.6. The molecule has 3 N–H and O–H groups in total. The van der Waals surface area contributed by atoms with Crippen LogP contribution in [0.1, 0.15) is 6.92 Å². The summed E-state index contributed by atoms with van der Waals surface area (Å²) in [5.74, 6) is -0.389. The van der Waals surface area contributed by atoms with Crippen molar-refractivity contribution in [2.45, 2.75) is 26.5 Å². The number of nitrogens with zero attached hydrogens (tertiary/aromatic N) is 4. The molecular formula is C52H50N6O16S4. The number of aliphatic carboxylic acids is 1. The first-order chi connectivity index (χ1) is 37.2. The first kappa shape index (κ1) is 57.0. The van der Waals surface area contributed by atoms with E-state index < -0.39 is 65.1 Å². The van der Waals surface area contributed by atoms with Gasteiger partial charge in [0.2, 0.25) is 0 Å². The minimum Gasteiger partial charge on any atom is -0.497 e. The molecule has 0 amide bonds. The Balaban J connectivity index is 0.000000226. The van der Waals surface area contributed by atoms with E-state index in [0.717, 1.165) is 10.5 Å². The summed E-state index contributed by atoms with van der Waals surface area (Å²) in [6.45, 7) is 0.142. The smallest absolute Gasteiger partial charge is 0.326 e. The van der Waals surface area contributed by atoms with Gasteiger partial charge in [0.1, 0.15) is 47.7 Å². The van der Waals surface area contributed by atoms with Crippen LogP contribution in [0.4, 0.5) is 23.0 Å². The highest BCUT2D eigenvalue weighted by molar-refractivity contribution is 7.93. The van der Waals surface area contributed by atoms with Gasteiger partial charge in [-0.2, -0.15) is 0 Å². The Kier molecular flexibility index (Phi) is 17.6. The summed E-state index contributed by atoms with van der Waals surface area (Å²) in [7, 11) is -10.9. The van der Waals surface area contributed by atoms with Crippen LogP contribution in [0.2, 0.25) is 0 Å². The second-order valence-electron chi connectivity index (χ2n) is 16.2. The molecule has 0 bridgehead atoms. The molecule has 0 saturated heterocycles. The third-order valence-corrected chi connectivity index (χ3v) is 17.7. The summed E-state index contributed by atoms with van der Waals surface area (Å²) in [5.41, 5.74) is 0.0260. The molecule has 0 spiro atoms. The van der Waals surface area contributed by atoms with E-state index in [4.69, 9.17) is 23.7 Å². The maximum absolute atomic E-state index is 13.8. The summed E-state index contributed by atoms with van der Waals surface area (Å²) < 4.78 is 139. The molecule has 8 rings (SSSR count). The molecule has 26 heteroatoms. The van der Waals surface area contributed by atoms with Crippen molar-refractivity contribution in [2.75, 3.05) is 66.2 Å². The predicted molar refractivity (Wildman–Crippen MR) is 290 cm³/mol. The first-order valence-electron chi connectivity index (χ1n) is 23.0. The number of hydrogen-bond acceptors (Lipinski definition) is 17. The number of carboxylic acids is 1. The van der Waals surface area contributed by atoms with Crippen LogP contribution in [0.15, 0.2) is 178 Å². The number of nitrogens with one attached hydrogen (secondary N) is 2. The Morgan fingerprint density at radius 3 is 1.08 bits per heavy atom. The lowest BCUT2D eigenvalue weighted by atomic mass is 10.1. The lowest BCUT2D eigenvalue weighted by molar-refractivity contribution is -0.141. The molecule has 2 aromatic heterocycles. The molecule has 0 atom stereocenters. The van der Waals surface area contributed by atoms with E-state index in [-0.39, 0.29) is 60.0 Å². The molecule has 0 fully saturated rings. The van der Waals surface area contributed by atoms with Gasteiger partial charge in [-0.25, -0.2) is 43.6 Å². The van der Waals surface area contributed by atoms with E-state index in [1.807, 2.05) is 0 Å². The van der Waals surface area contributed by atoms with E-state index in [1.54, 1.807) is 55.5 Å². The number of anilines is 4. The Labute approximate surface area is 450 Å². The fraction of sp³-hybridized carbons (Fsp3) is 0.154. The monoisotopic (exact) mass is 1140 g/mol. The maximum atomic E-state index is 13.8. The van der Waals surface area contributed by atoms with E-state index in [1.165, 1.54) is 132 Å².